The van der Waals surface area contributed by atoms with Gasteiger partial charge in [0.2, 0.25) is 0 Å². The van der Waals surface area contributed by atoms with E-state index in [9.17, 15) is 0 Å². The molecule has 72 valence electrons. The van der Waals surface area contributed by atoms with Crippen molar-refractivity contribution in [3.63, 3.8) is 0 Å². The molecule has 0 spiro atoms. The first-order chi connectivity index (χ1) is 6.22. The molecular formula is C11H16ClN. The topological polar surface area (TPSA) is 26.0 Å². The van der Waals surface area contributed by atoms with Gasteiger partial charge in [-0.05, 0) is 30.9 Å². The minimum absolute atomic E-state index is 0.235. The Morgan fingerprint density at radius 2 is 1.77 bits per heavy atom. The highest BCUT2D eigenvalue weighted by Gasteiger charge is 1.97. The van der Waals surface area contributed by atoms with Crippen LogP contribution >= 0.6 is 11.6 Å². The molecule has 0 aromatic heterocycles. The molecule has 0 saturated heterocycles. The minimum atomic E-state index is 0.235. The molecule has 0 saturated carbocycles. The van der Waals surface area contributed by atoms with Crippen molar-refractivity contribution in [1.82, 2.24) is 0 Å². The number of hydrogen-bond acceptors (Lipinski definition) is 1. The predicted molar refractivity (Wildman–Crippen MR) is 58.2 cm³/mol. The van der Waals surface area contributed by atoms with Gasteiger partial charge in [-0.2, -0.15) is 0 Å². The lowest BCUT2D eigenvalue weighted by Gasteiger charge is -2.05. The largest absolute Gasteiger partial charge is 0.328 e. The fourth-order valence-electron chi connectivity index (χ4n) is 1.32. The summed E-state index contributed by atoms with van der Waals surface area (Å²) in [5.41, 5.74) is 8.29. The van der Waals surface area contributed by atoms with Crippen LogP contribution in [0.15, 0.2) is 24.3 Å². The van der Waals surface area contributed by atoms with Crippen LogP contribution in [0, 0.1) is 0 Å². The molecule has 0 aliphatic heterocycles. The fourth-order valence-corrected chi connectivity index (χ4v) is 1.54. The van der Waals surface area contributed by atoms with Crippen LogP contribution in [0.2, 0.25) is 0 Å². The zero-order valence-electron chi connectivity index (χ0n) is 7.96. The van der Waals surface area contributed by atoms with Gasteiger partial charge < -0.3 is 5.73 Å². The Labute approximate surface area is 84.9 Å². The van der Waals surface area contributed by atoms with Gasteiger partial charge in [0.05, 0.1) is 0 Å². The van der Waals surface area contributed by atoms with Crippen LogP contribution in [0.4, 0.5) is 0 Å². The summed E-state index contributed by atoms with van der Waals surface area (Å²) in [6.07, 6.45) is 1.89. The smallest absolute Gasteiger partial charge is 0.0263 e. The first kappa shape index (κ1) is 10.6. The SMILES string of the molecule is CC(N)Cc1ccc(CCCl)cc1. The summed E-state index contributed by atoms with van der Waals surface area (Å²) in [6, 6.07) is 8.75. The Morgan fingerprint density at radius 1 is 1.23 bits per heavy atom. The normalized spacial score (nSPS) is 12.8. The molecular weight excluding hydrogens is 182 g/mol. The van der Waals surface area contributed by atoms with Crippen molar-refractivity contribution < 1.29 is 0 Å². The van der Waals surface area contributed by atoms with Crippen molar-refractivity contribution in [3.05, 3.63) is 35.4 Å². The number of alkyl halides is 1. The van der Waals surface area contributed by atoms with Crippen LogP contribution in [0.1, 0.15) is 18.1 Å². The van der Waals surface area contributed by atoms with E-state index in [2.05, 4.69) is 24.3 Å². The van der Waals surface area contributed by atoms with Gasteiger partial charge in [-0.15, -0.1) is 11.6 Å². The highest BCUT2D eigenvalue weighted by molar-refractivity contribution is 6.17. The van der Waals surface area contributed by atoms with Crippen molar-refractivity contribution in [2.24, 2.45) is 5.73 Å². The highest BCUT2D eigenvalue weighted by atomic mass is 35.5. The number of benzene rings is 1. The average molecular weight is 198 g/mol. The van der Waals surface area contributed by atoms with Gasteiger partial charge in [0.1, 0.15) is 0 Å². The van der Waals surface area contributed by atoms with E-state index < -0.39 is 0 Å². The Morgan fingerprint density at radius 3 is 2.23 bits per heavy atom. The van der Waals surface area contributed by atoms with E-state index in [1.807, 2.05) is 6.92 Å². The molecule has 0 amide bonds. The summed E-state index contributed by atoms with van der Waals surface area (Å²) in [5.74, 6) is 0.687. The second-order valence-corrected chi connectivity index (χ2v) is 3.81. The summed E-state index contributed by atoms with van der Waals surface area (Å²) in [5, 5.41) is 0. The summed E-state index contributed by atoms with van der Waals surface area (Å²) < 4.78 is 0. The molecule has 13 heavy (non-hydrogen) atoms. The summed E-state index contributed by atoms with van der Waals surface area (Å²) in [4.78, 5) is 0. The third-order valence-electron chi connectivity index (χ3n) is 1.96. The summed E-state index contributed by atoms with van der Waals surface area (Å²) >= 11 is 5.64. The van der Waals surface area contributed by atoms with Crippen LogP contribution < -0.4 is 5.73 Å². The maximum absolute atomic E-state index is 5.70. The lowest BCUT2D eigenvalue weighted by atomic mass is 10.0. The highest BCUT2D eigenvalue weighted by Crippen LogP contribution is 2.07. The first-order valence-corrected chi connectivity index (χ1v) is 5.15. The van der Waals surface area contributed by atoms with Gasteiger partial charge in [-0.3, -0.25) is 0 Å². The lowest BCUT2D eigenvalue weighted by Crippen LogP contribution is -2.17. The van der Waals surface area contributed by atoms with E-state index in [0.717, 1.165) is 12.8 Å². The van der Waals surface area contributed by atoms with E-state index in [0.29, 0.717) is 5.88 Å². The van der Waals surface area contributed by atoms with Crippen LogP contribution in [0.25, 0.3) is 0 Å². The third kappa shape index (κ3) is 3.79. The van der Waals surface area contributed by atoms with Crippen molar-refractivity contribution >= 4 is 11.6 Å². The van der Waals surface area contributed by atoms with Crippen molar-refractivity contribution in [2.45, 2.75) is 25.8 Å². The van der Waals surface area contributed by atoms with Gasteiger partial charge in [0.15, 0.2) is 0 Å². The molecule has 0 radical (unpaired) electrons. The first-order valence-electron chi connectivity index (χ1n) is 4.61. The zero-order valence-corrected chi connectivity index (χ0v) is 8.72. The Hall–Kier alpha value is -0.530. The molecule has 1 nitrogen and oxygen atoms in total. The van der Waals surface area contributed by atoms with Gasteiger partial charge in [-0.25, -0.2) is 0 Å². The molecule has 1 atom stereocenters. The summed E-state index contributed by atoms with van der Waals surface area (Å²) in [6.45, 7) is 2.02. The van der Waals surface area contributed by atoms with E-state index in [4.69, 9.17) is 17.3 Å². The van der Waals surface area contributed by atoms with E-state index >= 15 is 0 Å². The molecule has 0 bridgehead atoms. The second kappa shape index (κ2) is 5.25. The number of aryl methyl sites for hydroxylation is 1. The molecule has 0 aliphatic carbocycles. The third-order valence-corrected chi connectivity index (χ3v) is 2.15. The van der Waals surface area contributed by atoms with Crippen LogP contribution in [0.5, 0.6) is 0 Å². The molecule has 1 rings (SSSR count). The molecule has 2 heteroatoms. The van der Waals surface area contributed by atoms with Crippen molar-refractivity contribution in [1.29, 1.82) is 0 Å². The van der Waals surface area contributed by atoms with Crippen LogP contribution in [-0.4, -0.2) is 11.9 Å². The number of halogens is 1. The van der Waals surface area contributed by atoms with Crippen molar-refractivity contribution in [2.75, 3.05) is 5.88 Å². The molecule has 1 aromatic carbocycles. The van der Waals surface area contributed by atoms with Gasteiger partial charge in [0, 0.05) is 11.9 Å². The summed E-state index contributed by atoms with van der Waals surface area (Å²) in [7, 11) is 0. The Kier molecular flexibility index (Phi) is 4.26. The Balaban J connectivity index is 2.59. The predicted octanol–water partition coefficient (Wildman–Crippen LogP) is 2.36. The monoisotopic (exact) mass is 197 g/mol. The fraction of sp³-hybridized carbons (Fsp3) is 0.455. The maximum Gasteiger partial charge on any atom is 0.0263 e. The van der Waals surface area contributed by atoms with Crippen LogP contribution in [0.3, 0.4) is 0 Å². The molecule has 1 aromatic rings. The molecule has 0 aliphatic rings. The Bertz CT molecular complexity index is 241. The standard InChI is InChI=1S/C11H16ClN/c1-9(13)8-11-4-2-10(3-5-11)6-7-12/h2-5,9H,6-8,13H2,1H3. The number of nitrogens with two attached hydrogens (primary N) is 1. The number of hydrogen-bond donors (Lipinski definition) is 1. The molecule has 2 N–H and O–H groups in total. The second-order valence-electron chi connectivity index (χ2n) is 3.44. The molecule has 0 heterocycles. The average Bonchev–Trinajstić information content (AvgIpc) is 2.08. The van der Waals surface area contributed by atoms with Gasteiger partial charge in [0.25, 0.3) is 0 Å². The zero-order chi connectivity index (χ0) is 9.68. The molecule has 0 fully saturated rings. The minimum Gasteiger partial charge on any atom is -0.328 e. The van der Waals surface area contributed by atoms with Crippen molar-refractivity contribution in [3.8, 4) is 0 Å². The van der Waals surface area contributed by atoms with Gasteiger partial charge >= 0.3 is 0 Å². The van der Waals surface area contributed by atoms with E-state index in [1.54, 1.807) is 0 Å². The van der Waals surface area contributed by atoms with Crippen LogP contribution in [-0.2, 0) is 12.8 Å². The lowest BCUT2D eigenvalue weighted by molar-refractivity contribution is 0.738. The number of rotatable bonds is 4. The van der Waals surface area contributed by atoms with Gasteiger partial charge in [-0.1, -0.05) is 24.3 Å². The quantitative estimate of drug-likeness (QED) is 0.737. The molecule has 1 unspecified atom stereocenters. The van der Waals surface area contributed by atoms with E-state index in [1.165, 1.54) is 11.1 Å². The van der Waals surface area contributed by atoms with E-state index in [-0.39, 0.29) is 6.04 Å². The maximum atomic E-state index is 5.70.